The molecular formula is C33H30FIN2O7S. The third-order valence-corrected chi connectivity index (χ3v) is 8.69. The predicted molar refractivity (Wildman–Crippen MR) is 176 cm³/mol. The van der Waals surface area contributed by atoms with Crippen LogP contribution in [0.2, 0.25) is 0 Å². The number of fused-ring (bicyclic) bond motifs is 1. The molecule has 2 heterocycles. The van der Waals surface area contributed by atoms with Gasteiger partial charge in [-0.05, 0) is 84.0 Å². The Morgan fingerprint density at radius 3 is 2.49 bits per heavy atom. The first-order valence-corrected chi connectivity index (χ1v) is 15.9. The highest BCUT2D eigenvalue weighted by atomic mass is 127. The molecule has 1 aliphatic heterocycles. The highest BCUT2D eigenvalue weighted by Gasteiger charge is 2.31. The van der Waals surface area contributed by atoms with Crippen LogP contribution in [0, 0.1) is 9.39 Å². The molecule has 45 heavy (non-hydrogen) atoms. The van der Waals surface area contributed by atoms with E-state index in [1.165, 1.54) is 42.4 Å². The summed E-state index contributed by atoms with van der Waals surface area (Å²) in [5.74, 6) is 0.994. The van der Waals surface area contributed by atoms with Crippen LogP contribution in [0.25, 0.3) is 6.08 Å². The number of hydrogen-bond acceptors (Lipinski definition) is 9. The second-order valence-corrected chi connectivity index (χ2v) is 11.8. The first-order chi connectivity index (χ1) is 21.8. The molecule has 0 bridgehead atoms. The summed E-state index contributed by atoms with van der Waals surface area (Å²) >= 11 is 3.31. The first kappa shape index (κ1) is 32.2. The summed E-state index contributed by atoms with van der Waals surface area (Å²) in [5, 5.41) is 0. The molecule has 0 N–H and O–H groups in total. The summed E-state index contributed by atoms with van der Waals surface area (Å²) in [6.07, 6.45) is 3.17. The smallest absolute Gasteiger partial charge is 0.337 e. The van der Waals surface area contributed by atoms with Gasteiger partial charge in [-0.25, -0.2) is 14.2 Å². The van der Waals surface area contributed by atoms with E-state index in [4.69, 9.17) is 23.7 Å². The number of ether oxygens (including phenoxy) is 5. The second-order valence-electron chi connectivity index (χ2n) is 9.66. The summed E-state index contributed by atoms with van der Waals surface area (Å²) in [7, 11) is 2.80. The van der Waals surface area contributed by atoms with Crippen LogP contribution in [0.3, 0.4) is 0 Å². The van der Waals surface area contributed by atoms with Crippen molar-refractivity contribution in [3.63, 3.8) is 0 Å². The van der Waals surface area contributed by atoms with E-state index in [0.717, 1.165) is 0 Å². The number of carbonyl (C=O) groups excluding carboxylic acids is 1. The lowest BCUT2D eigenvalue weighted by molar-refractivity contribution is -0.136. The zero-order valence-electron chi connectivity index (χ0n) is 25.0. The summed E-state index contributed by atoms with van der Waals surface area (Å²) in [4.78, 5) is 31.7. The second kappa shape index (κ2) is 14.3. The Morgan fingerprint density at radius 2 is 1.78 bits per heavy atom. The van der Waals surface area contributed by atoms with Crippen molar-refractivity contribution in [3.05, 3.63) is 112 Å². The lowest BCUT2D eigenvalue weighted by atomic mass is 9.97. The van der Waals surface area contributed by atoms with Crippen LogP contribution >= 0.6 is 33.9 Å². The molecule has 0 unspecified atom stereocenters. The van der Waals surface area contributed by atoms with Gasteiger partial charge in [-0.1, -0.05) is 35.6 Å². The first-order valence-electron chi connectivity index (χ1n) is 14.0. The van der Waals surface area contributed by atoms with Crippen LogP contribution in [0.4, 0.5) is 4.39 Å². The molecule has 0 fully saturated rings. The normalized spacial score (nSPS) is 14.2. The fourth-order valence-corrected chi connectivity index (χ4v) is 6.62. The Hall–Kier alpha value is -4.17. The van der Waals surface area contributed by atoms with Crippen LogP contribution < -0.4 is 33.8 Å². The van der Waals surface area contributed by atoms with Crippen molar-refractivity contribution in [2.24, 2.45) is 4.99 Å². The van der Waals surface area contributed by atoms with Gasteiger partial charge < -0.3 is 23.7 Å². The van der Waals surface area contributed by atoms with Crippen molar-refractivity contribution in [2.75, 3.05) is 27.4 Å². The number of aromatic nitrogens is 1. The van der Waals surface area contributed by atoms with Gasteiger partial charge in [0.25, 0.3) is 5.56 Å². The summed E-state index contributed by atoms with van der Waals surface area (Å²) in [6, 6.07) is 14.5. The molecule has 0 radical (unpaired) electrons. The quantitative estimate of drug-likeness (QED) is 0.155. The molecule has 0 saturated heterocycles. The Bertz CT molecular complexity index is 1950. The van der Waals surface area contributed by atoms with Gasteiger partial charge in [-0.2, -0.15) is 0 Å². The molecule has 0 aliphatic carbocycles. The fourth-order valence-electron chi connectivity index (χ4n) is 4.87. The van der Waals surface area contributed by atoms with Crippen LogP contribution in [0.1, 0.15) is 36.6 Å². The van der Waals surface area contributed by atoms with Crippen LogP contribution in [0.5, 0.6) is 23.0 Å². The Kier molecular flexibility index (Phi) is 10.2. The monoisotopic (exact) mass is 744 g/mol. The lowest BCUT2D eigenvalue weighted by Gasteiger charge is -2.23. The molecule has 0 saturated carbocycles. The minimum Gasteiger partial charge on any atom is -0.493 e. The molecule has 12 heteroatoms. The molecule has 0 amide bonds. The largest absolute Gasteiger partial charge is 0.493 e. The number of rotatable bonds is 11. The van der Waals surface area contributed by atoms with Gasteiger partial charge in [0.2, 0.25) is 0 Å². The third-order valence-electron chi connectivity index (χ3n) is 6.89. The number of esters is 1. The van der Waals surface area contributed by atoms with E-state index >= 15 is 0 Å². The minimum absolute atomic E-state index is 0.0239. The summed E-state index contributed by atoms with van der Waals surface area (Å²) in [6.45, 7) is 4.62. The molecule has 3 aromatic carbocycles. The highest BCUT2D eigenvalue weighted by molar-refractivity contribution is 14.1. The molecule has 0 spiro atoms. The number of benzene rings is 3. The Labute approximate surface area is 276 Å². The average molecular weight is 745 g/mol. The Balaban J connectivity index is 1.57. The maximum Gasteiger partial charge on any atom is 0.337 e. The maximum absolute atomic E-state index is 14.1. The van der Waals surface area contributed by atoms with Crippen molar-refractivity contribution in [1.29, 1.82) is 0 Å². The maximum atomic E-state index is 14.1. The van der Waals surface area contributed by atoms with Crippen molar-refractivity contribution >= 4 is 46.0 Å². The van der Waals surface area contributed by atoms with Crippen LogP contribution in [-0.4, -0.2) is 38.0 Å². The predicted octanol–water partition coefficient (Wildman–Crippen LogP) is 5.15. The highest BCUT2D eigenvalue weighted by Crippen LogP contribution is 2.36. The molecule has 1 aromatic heterocycles. The number of hydrogen-bond donors (Lipinski definition) is 0. The van der Waals surface area contributed by atoms with Crippen LogP contribution in [0.15, 0.2) is 76.2 Å². The molecule has 9 nitrogen and oxygen atoms in total. The van der Waals surface area contributed by atoms with Crippen molar-refractivity contribution in [3.8, 4) is 23.0 Å². The summed E-state index contributed by atoms with van der Waals surface area (Å²) in [5.41, 5.74) is 1.61. The van der Waals surface area contributed by atoms with Gasteiger partial charge in [0, 0.05) is 11.8 Å². The third kappa shape index (κ3) is 6.76. The molecule has 5 rings (SSSR count). The van der Waals surface area contributed by atoms with E-state index in [-0.39, 0.29) is 23.6 Å². The van der Waals surface area contributed by atoms with Gasteiger partial charge in [0.05, 0.1) is 47.2 Å². The van der Waals surface area contributed by atoms with E-state index in [1.54, 1.807) is 48.5 Å². The van der Waals surface area contributed by atoms with Gasteiger partial charge >= 0.3 is 5.97 Å². The van der Waals surface area contributed by atoms with E-state index < -0.39 is 12.0 Å². The molecule has 4 aromatic rings. The Morgan fingerprint density at radius 1 is 1.02 bits per heavy atom. The standard InChI is InChI=1S/C33H30FIN2O7S/c1-5-42-25-12-11-20(16-26(25)43-6-2)29-22(32(39)41-4)17-36-33-37(29)31(38)28(45-33)15-19-13-24(35)30(27(14-19)40-3)44-18-21-9-7-8-10-23(21)34/h7-17,29H,5-6,18H2,1-4H3/b28-15-/t29-/m1/s1. The van der Waals surface area contributed by atoms with Crippen molar-refractivity contribution < 1.29 is 32.9 Å². The minimum atomic E-state index is -0.811. The van der Waals surface area contributed by atoms with Crippen molar-refractivity contribution in [1.82, 2.24) is 4.57 Å². The van der Waals surface area contributed by atoms with Gasteiger partial charge in [-0.15, -0.1) is 0 Å². The zero-order valence-corrected chi connectivity index (χ0v) is 27.9. The van der Waals surface area contributed by atoms with Gasteiger partial charge in [0.15, 0.2) is 27.8 Å². The van der Waals surface area contributed by atoms with E-state index in [1.807, 2.05) is 19.9 Å². The molecule has 1 atom stereocenters. The van der Waals surface area contributed by atoms with Crippen molar-refractivity contribution in [2.45, 2.75) is 26.5 Å². The molecule has 1 aliphatic rings. The molecule has 234 valence electrons. The zero-order chi connectivity index (χ0) is 32.1. The SMILES string of the molecule is CCOc1ccc([C@@H]2C(C(=O)OC)=CN=c3s/c(=C\c4cc(I)c(OCc5ccccc5F)c(OC)c4)c(=O)n32)cc1OCC. The number of carbonyl (C=O) groups is 1. The number of halogens is 2. The topological polar surface area (TPSA) is 97.6 Å². The lowest BCUT2D eigenvalue weighted by Crippen LogP contribution is -2.39. The fraction of sp³-hybridized carbons (Fsp3) is 0.242. The number of nitrogens with zero attached hydrogens (tertiary/aromatic N) is 2. The number of thiazole rings is 1. The number of methoxy groups -OCH3 is 2. The van der Waals surface area contributed by atoms with E-state index in [2.05, 4.69) is 27.6 Å². The average Bonchev–Trinajstić information content (AvgIpc) is 3.35. The molecular weight excluding hydrogens is 714 g/mol. The summed E-state index contributed by atoms with van der Waals surface area (Å²) < 4.78 is 44.9. The van der Waals surface area contributed by atoms with Gasteiger partial charge in [-0.3, -0.25) is 9.36 Å². The van der Waals surface area contributed by atoms with E-state index in [9.17, 15) is 14.0 Å². The van der Waals surface area contributed by atoms with Gasteiger partial charge in [0.1, 0.15) is 12.4 Å². The van der Waals surface area contributed by atoms with Crippen LogP contribution in [-0.2, 0) is 16.1 Å². The van der Waals surface area contributed by atoms with E-state index in [0.29, 0.717) is 65.8 Å².